The van der Waals surface area contributed by atoms with Crippen LogP contribution in [0.4, 0.5) is 0 Å². The van der Waals surface area contributed by atoms with Crippen LogP contribution >= 0.6 is 0 Å². The first-order valence-corrected chi connectivity index (χ1v) is 9.73. The molecule has 1 aromatic heterocycles. The number of ether oxygens (including phenoxy) is 3. The molecule has 0 spiro atoms. The molecule has 0 N–H and O–H groups in total. The minimum atomic E-state index is 0.505. The highest BCUT2D eigenvalue weighted by Crippen LogP contribution is 2.28. The first-order valence-electron chi connectivity index (χ1n) is 9.73. The summed E-state index contributed by atoms with van der Waals surface area (Å²) in [5.74, 6) is 2.28. The largest absolute Gasteiger partial charge is 0.497 e. The molecule has 0 aliphatic carbocycles. The fourth-order valence-corrected chi connectivity index (χ4v) is 3.21. The Balaban J connectivity index is 1.60. The lowest BCUT2D eigenvalue weighted by molar-refractivity contribution is 0.309. The molecule has 0 radical (unpaired) electrons. The fourth-order valence-electron chi connectivity index (χ4n) is 3.21. The summed E-state index contributed by atoms with van der Waals surface area (Å²) in [6, 6.07) is 25.9. The average molecular weight is 397 g/mol. The minimum absolute atomic E-state index is 0.505. The van der Waals surface area contributed by atoms with Crippen LogP contribution in [0.15, 0.2) is 78.9 Å². The molecule has 30 heavy (non-hydrogen) atoms. The number of aromatic nitrogens is 1. The van der Waals surface area contributed by atoms with Gasteiger partial charge in [0.25, 0.3) is 0 Å². The Labute approximate surface area is 176 Å². The van der Waals surface area contributed by atoms with E-state index >= 15 is 0 Å². The number of rotatable bonds is 7. The maximum atomic E-state index is 6.06. The molecule has 0 aliphatic heterocycles. The lowest BCUT2D eigenvalue weighted by Gasteiger charge is -2.10. The van der Waals surface area contributed by atoms with Gasteiger partial charge in [-0.2, -0.15) is 0 Å². The quantitative estimate of drug-likeness (QED) is 0.383. The summed E-state index contributed by atoms with van der Waals surface area (Å²) in [7, 11) is 3.29. The number of pyridine rings is 1. The Morgan fingerprint density at radius 2 is 1.63 bits per heavy atom. The van der Waals surface area contributed by atoms with Gasteiger partial charge in [0.2, 0.25) is 0 Å². The molecule has 0 saturated carbocycles. The van der Waals surface area contributed by atoms with Crippen LogP contribution in [0.3, 0.4) is 0 Å². The molecule has 4 rings (SSSR count). The molecule has 0 aliphatic rings. The molecular weight excluding hydrogens is 374 g/mol. The van der Waals surface area contributed by atoms with E-state index in [4.69, 9.17) is 19.2 Å². The van der Waals surface area contributed by atoms with E-state index in [-0.39, 0.29) is 0 Å². The Morgan fingerprint density at radius 3 is 2.43 bits per heavy atom. The number of methoxy groups -OCH3 is 2. The van der Waals surface area contributed by atoms with Crippen molar-refractivity contribution in [2.24, 2.45) is 0 Å². The van der Waals surface area contributed by atoms with Crippen LogP contribution in [0.2, 0.25) is 0 Å². The zero-order valence-corrected chi connectivity index (χ0v) is 17.0. The zero-order chi connectivity index (χ0) is 20.8. The van der Waals surface area contributed by atoms with Crippen molar-refractivity contribution in [3.8, 4) is 17.2 Å². The number of hydrogen-bond donors (Lipinski definition) is 0. The van der Waals surface area contributed by atoms with Crippen LogP contribution in [0, 0.1) is 0 Å². The molecule has 0 bridgehead atoms. The SMILES string of the molecule is COc1ccc(/C=C/c2ccc3cccc(OCc4ccccc4)c3n2)c(OC)c1. The van der Waals surface area contributed by atoms with Crippen molar-refractivity contribution in [3.63, 3.8) is 0 Å². The summed E-state index contributed by atoms with van der Waals surface area (Å²) >= 11 is 0. The van der Waals surface area contributed by atoms with Crippen molar-refractivity contribution in [1.29, 1.82) is 0 Å². The third-order valence-electron chi connectivity index (χ3n) is 4.82. The highest BCUT2D eigenvalue weighted by atomic mass is 16.5. The van der Waals surface area contributed by atoms with E-state index in [2.05, 4.69) is 18.2 Å². The molecule has 4 nitrogen and oxygen atoms in total. The third kappa shape index (κ3) is 4.44. The van der Waals surface area contributed by atoms with Gasteiger partial charge in [-0.3, -0.25) is 0 Å². The van der Waals surface area contributed by atoms with E-state index in [1.807, 2.05) is 72.8 Å². The molecule has 4 heteroatoms. The minimum Gasteiger partial charge on any atom is -0.497 e. The van der Waals surface area contributed by atoms with E-state index in [0.29, 0.717) is 6.61 Å². The maximum Gasteiger partial charge on any atom is 0.146 e. The molecule has 150 valence electrons. The van der Waals surface area contributed by atoms with E-state index < -0.39 is 0 Å². The average Bonchev–Trinajstić information content (AvgIpc) is 2.81. The van der Waals surface area contributed by atoms with Gasteiger partial charge in [-0.1, -0.05) is 48.5 Å². The van der Waals surface area contributed by atoms with Gasteiger partial charge in [-0.15, -0.1) is 0 Å². The Kier molecular flexibility index (Phi) is 5.95. The second kappa shape index (κ2) is 9.14. The second-order valence-corrected chi connectivity index (χ2v) is 6.78. The van der Waals surface area contributed by atoms with Crippen molar-refractivity contribution in [2.45, 2.75) is 6.61 Å². The van der Waals surface area contributed by atoms with Gasteiger partial charge in [-0.25, -0.2) is 4.98 Å². The van der Waals surface area contributed by atoms with E-state index in [1.165, 1.54) is 0 Å². The normalized spacial score (nSPS) is 11.0. The number of hydrogen-bond acceptors (Lipinski definition) is 4. The van der Waals surface area contributed by atoms with Crippen LogP contribution in [0.5, 0.6) is 17.2 Å². The summed E-state index contributed by atoms with van der Waals surface area (Å²) in [5, 5.41) is 1.04. The van der Waals surface area contributed by atoms with Gasteiger partial charge < -0.3 is 14.2 Å². The molecule has 4 aromatic rings. The second-order valence-electron chi connectivity index (χ2n) is 6.78. The van der Waals surface area contributed by atoms with E-state index in [9.17, 15) is 0 Å². The Morgan fingerprint density at radius 1 is 0.767 bits per heavy atom. The van der Waals surface area contributed by atoms with Crippen LogP contribution in [-0.2, 0) is 6.61 Å². The number of nitrogens with zero attached hydrogens (tertiary/aromatic N) is 1. The first kappa shape index (κ1) is 19.5. The number of fused-ring (bicyclic) bond motifs is 1. The highest BCUT2D eigenvalue weighted by Gasteiger charge is 2.06. The first-order chi connectivity index (χ1) is 14.8. The van der Waals surface area contributed by atoms with Crippen LogP contribution in [0.1, 0.15) is 16.8 Å². The van der Waals surface area contributed by atoms with E-state index in [0.717, 1.165) is 45.0 Å². The van der Waals surface area contributed by atoms with Gasteiger partial charge in [-0.05, 0) is 42.0 Å². The molecule has 3 aromatic carbocycles. The topological polar surface area (TPSA) is 40.6 Å². The summed E-state index contributed by atoms with van der Waals surface area (Å²) in [5.41, 5.74) is 3.76. The molecular formula is C26H23NO3. The van der Waals surface area contributed by atoms with Crippen molar-refractivity contribution < 1.29 is 14.2 Å². The molecule has 0 atom stereocenters. The summed E-state index contributed by atoms with van der Waals surface area (Å²) in [6.07, 6.45) is 3.96. The van der Waals surface area contributed by atoms with Crippen molar-refractivity contribution in [1.82, 2.24) is 4.98 Å². The van der Waals surface area contributed by atoms with Crippen molar-refractivity contribution in [3.05, 3.63) is 95.7 Å². The smallest absolute Gasteiger partial charge is 0.146 e. The monoisotopic (exact) mass is 397 g/mol. The zero-order valence-electron chi connectivity index (χ0n) is 17.0. The fraction of sp³-hybridized carbons (Fsp3) is 0.115. The van der Waals surface area contributed by atoms with Gasteiger partial charge >= 0.3 is 0 Å². The van der Waals surface area contributed by atoms with Gasteiger partial charge in [0, 0.05) is 17.0 Å². The van der Waals surface area contributed by atoms with Gasteiger partial charge in [0.05, 0.1) is 19.9 Å². The predicted octanol–water partition coefficient (Wildman–Crippen LogP) is 6.00. The Hall–Kier alpha value is -3.79. The molecule has 0 fully saturated rings. The van der Waals surface area contributed by atoms with Crippen LogP contribution in [0.25, 0.3) is 23.1 Å². The van der Waals surface area contributed by atoms with Crippen molar-refractivity contribution >= 4 is 23.1 Å². The Bertz CT molecular complexity index is 1170. The van der Waals surface area contributed by atoms with E-state index in [1.54, 1.807) is 14.2 Å². The summed E-state index contributed by atoms with van der Waals surface area (Å²) in [6.45, 7) is 0.505. The number of para-hydroxylation sites is 1. The summed E-state index contributed by atoms with van der Waals surface area (Å²) < 4.78 is 16.8. The maximum absolute atomic E-state index is 6.06. The molecule has 1 heterocycles. The van der Waals surface area contributed by atoms with Gasteiger partial charge in [0.1, 0.15) is 29.4 Å². The molecule has 0 unspecified atom stereocenters. The van der Waals surface area contributed by atoms with Crippen molar-refractivity contribution in [2.75, 3.05) is 14.2 Å². The van der Waals surface area contributed by atoms with Gasteiger partial charge in [0.15, 0.2) is 0 Å². The lowest BCUT2D eigenvalue weighted by atomic mass is 10.1. The third-order valence-corrected chi connectivity index (χ3v) is 4.82. The lowest BCUT2D eigenvalue weighted by Crippen LogP contribution is -1.97. The predicted molar refractivity (Wildman–Crippen MR) is 121 cm³/mol. The molecule has 0 saturated heterocycles. The standard InChI is InChI=1S/C26H23NO3/c1-28-23-16-13-20(25(17-23)29-2)11-14-22-15-12-21-9-6-10-24(26(21)27-22)30-18-19-7-4-3-5-8-19/h3-17H,18H2,1-2H3/b14-11+. The van der Waals surface area contributed by atoms with Crippen LogP contribution in [-0.4, -0.2) is 19.2 Å². The number of benzene rings is 3. The molecule has 0 amide bonds. The van der Waals surface area contributed by atoms with Crippen LogP contribution < -0.4 is 14.2 Å². The highest BCUT2D eigenvalue weighted by molar-refractivity contribution is 5.86. The summed E-state index contributed by atoms with van der Waals surface area (Å²) in [4.78, 5) is 4.81.